The molecule has 0 aliphatic heterocycles. The summed E-state index contributed by atoms with van der Waals surface area (Å²) in [6.07, 6.45) is -0.179. The highest BCUT2D eigenvalue weighted by Gasteiger charge is 2.12. The lowest BCUT2D eigenvalue weighted by molar-refractivity contribution is 0.106. The fourth-order valence-electron chi connectivity index (χ4n) is 1.92. The normalized spacial score (nSPS) is 14.0. The Bertz CT molecular complexity index is 443. The maximum Gasteiger partial charge on any atom is 0.191 e. The number of benzene rings is 1. The van der Waals surface area contributed by atoms with E-state index >= 15 is 0 Å². The highest BCUT2D eigenvalue weighted by Crippen LogP contribution is 2.15. The van der Waals surface area contributed by atoms with E-state index in [4.69, 9.17) is 9.47 Å². The van der Waals surface area contributed by atoms with Gasteiger partial charge in [-0.3, -0.25) is 4.99 Å². The van der Waals surface area contributed by atoms with Crippen molar-refractivity contribution in [3.8, 4) is 0 Å². The second-order valence-electron chi connectivity index (χ2n) is 4.73. The molecule has 0 bridgehead atoms. The van der Waals surface area contributed by atoms with Crippen molar-refractivity contribution in [3.05, 3.63) is 35.6 Å². The number of hydrogen-bond acceptors (Lipinski definition) is 3. The van der Waals surface area contributed by atoms with Crippen LogP contribution in [0.2, 0.25) is 0 Å². The van der Waals surface area contributed by atoms with Crippen LogP contribution in [-0.2, 0) is 9.47 Å². The predicted molar refractivity (Wildman–Crippen MR) is 97.4 cm³/mol. The zero-order valence-corrected chi connectivity index (χ0v) is 15.8. The second kappa shape index (κ2) is 11.6. The lowest BCUT2D eigenvalue weighted by Crippen LogP contribution is -2.45. The summed E-state index contributed by atoms with van der Waals surface area (Å²) >= 11 is 0. The fraction of sp³-hybridized carbons (Fsp3) is 0.533. The molecule has 22 heavy (non-hydrogen) atoms. The van der Waals surface area contributed by atoms with Crippen molar-refractivity contribution in [2.24, 2.45) is 4.99 Å². The quantitative estimate of drug-likeness (QED) is 0.400. The molecule has 5 nitrogen and oxygen atoms in total. The molecule has 1 aromatic carbocycles. The summed E-state index contributed by atoms with van der Waals surface area (Å²) in [6.45, 7) is 3.12. The zero-order valence-electron chi connectivity index (χ0n) is 13.4. The molecule has 0 aliphatic rings. The van der Waals surface area contributed by atoms with Gasteiger partial charge in [0.1, 0.15) is 5.82 Å². The van der Waals surface area contributed by atoms with Crippen LogP contribution in [0.1, 0.15) is 18.6 Å². The Morgan fingerprint density at radius 1 is 1.27 bits per heavy atom. The van der Waals surface area contributed by atoms with E-state index in [1.807, 2.05) is 6.92 Å². The number of nitrogens with one attached hydrogen (secondary N) is 2. The van der Waals surface area contributed by atoms with Gasteiger partial charge < -0.3 is 20.1 Å². The number of methoxy groups -OCH3 is 2. The third-order valence-corrected chi connectivity index (χ3v) is 3.00. The number of guanidine groups is 1. The van der Waals surface area contributed by atoms with E-state index in [9.17, 15) is 4.39 Å². The Kier molecular flexibility index (Phi) is 11.1. The van der Waals surface area contributed by atoms with Gasteiger partial charge in [0.15, 0.2) is 5.96 Å². The van der Waals surface area contributed by atoms with Gasteiger partial charge in [0.2, 0.25) is 0 Å². The van der Waals surface area contributed by atoms with E-state index in [1.165, 1.54) is 12.1 Å². The molecule has 0 saturated heterocycles. The first-order valence-corrected chi connectivity index (χ1v) is 6.85. The van der Waals surface area contributed by atoms with Crippen molar-refractivity contribution in [2.75, 3.05) is 34.4 Å². The average Bonchev–Trinajstić information content (AvgIpc) is 2.48. The molecule has 2 atom stereocenters. The van der Waals surface area contributed by atoms with Crippen LogP contribution in [0.15, 0.2) is 29.3 Å². The summed E-state index contributed by atoms with van der Waals surface area (Å²) in [6, 6.07) is 6.43. The number of ether oxygens (including phenoxy) is 2. The zero-order chi connectivity index (χ0) is 15.7. The average molecular weight is 425 g/mol. The maximum atomic E-state index is 12.9. The van der Waals surface area contributed by atoms with Gasteiger partial charge in [-0.05, 0) is 24.6 Å². The molecule has 1 aromatic rings. The van der Waals surface area contributed by atoms with Crippen molar-refractivity contribution in [2.45, 2.75) is 19.1 Å². The molecule has 7 heteroatoms. The minimum atomic E-state index is -0.257. The van der Waals surface area contributed by atoms with Crippen LogP contribution in [0.25, 0.3) is 0 Å². The van der Waals surface area contributed by atoms with Gasteiger partial charge in [-0.25, -0.2) is 4.39 Å². The van der Waals surface area contributed by atoms with E-state index in [0.717, 1.165) is 5.56 Å². The van der Waals surface area contributed by atoms with Crippen LogP contribution < -0.4 is 10.6 Å². The highest BCUT2D eigenvalue weighted by atomic mass is 127. The summed E-state index contributed by atoms with van der Waals surface area (Å²) in [5.74, 6) is 0.413. The van der Waals surface area contributed by atoms with Gasteiger partial charge in [0.25, 0.3) is 0 Å². The van der Waals surface area contributed by atoms with Gasteiger partial charge in [-0.1, -0.05) is 12.1 Å². The summed E-state index contributed by atoms with van der Waals surface area (Å²) in [4.78, 5) is 4.15. The molecule has 2 N–H and O–H groups in total. The van der Waals surface area contributed by atoms with Crippen molar-refractivity contribution in [1.82, 2.24) is 10.6 Å². The lowest BCUT2D eigenvalue weighted by Gasteiger charge is -2.21. The minimum absolute atomic E-state index is 0. The van der Waals surface area contributed by atoms with Crippen molar-refractivity contribution in [3.63, 3.8) is 0 Å². The third-order valence-electron chi connectivity index (χ3n) is 3.00. The SMILES string of the molecule is CN=C(NCC(OC)c1ccc(F)cc1)NC(C)COC.I. The maximum absolute atomic E-state index is 12.9. The van der Waals surface area contributed by atoms with Crippen LogP contribution in [-0.4, -0.2) is 46.4 Å². The Morgan fingerprint density at radius 2 is 1.91 bits per heavy atom. The van der Waals surface area contributed by atoms with Crippen LogP contribution in [0.3, 0.4) is 0 Å². The third kappa shape index (κ3) is 7.37. The van der Waals surface area contributed by atoms with Crippen LogP contribution >= 0.6 is 24.0 Å². The largest absolute Gasteiger partial charge is 0.383 e. The second-order valence-corrected chi connectivity index (χ2v) is 4.73. The topological polar surface area (TPSA) is 54.9 Å². The number of aliphatic imine (C=N–C) groups is 1. The van der Waals surface area contributed by atoms with Crippen molar-refractivity contribution < 1.29 is 13.9 Å². The van der Waals surface area contributed by atoms with Gasteiger partial charge in [-0.2, -0.15) is 0 Å². The van der Waals surface area contributed by atoms with Crippen LogP contribution in [0.4, 0.5) is 4.39 Å². The van der Waals surface area contributed by atoms with Gasteiger partial charge in [-0.15, -0.1) is 24.0 Å². The smallest absolute Gasteiger partial charge is 0.191 e. The molecule has 0 amide bonds. The molecular weight excluding hydrogens is 400 g/mol. The molecule has 0 spiro atoms. The Morgan fingerprint density at radius 3 is 2.41 bits per heavy atom. The summed E-state index contributed by atoms with van der Waals surface area (Å²) in [5.41, 5.74) is 0.909. The molecule has 0 heterocycles. The molecule has 0 aromatic heterocycles. The first-order chi connectivity index (χ1) is 10.1. The monoisotopic (exact) mass is 425 g/mol. The summed E-state index contributed by atoms with van der Waals surface area (Å²) in [5, 5.41) is 6.39. The molecule has 0 radical (unpaired) electrons. The van der Waals surface area contributed by atoms with Gasteiger partial charge in [0.05, 0.1) is 12.7 Å². The number of nitrogens with zero attached hydrogens (tertiary/aromatic N) is 1. The molecule has 0 fully saturated rings. The van der Waals surface area contributed by atoms with Crippen LogP contribution in [0.5, 0.6) is 0 Å². The van der Waals surface area contributed by atoms with E-state index in [0.29, 0.717) is 19.1 Å². The molecule has 0 saturated carbocycles. The summed E-state index contributed by atoms with van der Waals surface area (Å²) in [7, 11) is 4.98. The Labute approximate surface area is 148 Å². The predicted octanol–water partition coefficient (Wildman–Crippen LogP) is 2.33. The number of rotatable bonds is 7. The number of hydrogen-bond donors (Lipinski definition) is 2. The van der Waals surface area contributed by atoms with Gasteiger partial charge >= 0.3 is 0 Å². The van der Waals surface area contributed by atoms with E-state index in [-0.39, 0.29) is 41.9 Å². The molecule has 1 rings (SSSR count). The first-order valence-electron chi connectivity index (χ1n) is 6.85. The first kappa shape index (κ1) is 21.1. The number of halogens is 2. The molecule has 2 unspecified atom stereocenters. The van der Waals surface area contributed by atoms with Crippen molar-refractivity contribution in [1.29, 1.82) is 0 Å². The van der Waals surface area contributed by atoms with Crippen LogP contribution in [0, 0.1) is 5.82 Å². The lowest BCUT2D eigenvalue weighted by atomic mass is 10.1. The molecule has 0 aliphatic carbocycles. The highest BCUT2D eigenvalue weighted by molar-refractivity contribution is 14.0. The van der Waals surface area contributed by atoms with Crippen molar-refractivity contribution >= 4 is 29.9 Å². The standard InChI is InChI=1S/C15H24FN3O2.HI/c1-11(10-20-3)19-15(17-2)18-9-14(21-4)12-5-7-13(16)8-6-12;/h5-8,11,14H,9-10H2,1-4H3,(H2,17,18,19);1H. The van der Waals surface area contributed by atoms with E-state index in [1.54, 1.807) is 33.4 Å². The fourth-order valence-corrected chi connectivity index (χ4v) is 1.92. The molecular formula is C15H25FIN3O2. The van der Waals surface area contributed by atoms with Gasteiger partial charge in [0, 0.05) is 33.9 Å². The molecule has 126 valence electrons. The Hall–Kier alpha value is -0.930. The summed E-state index contributed by atoms with van der Waals surface area (Å²) < 4.78 is 23.4. The minimum Gasteiger partial charge on any atom is -0.383 e. The van der Waals surface area contributed by atoms with E-state index in [2.05, 4.69) is 15.6 Å². The Balaban J connectivity index is 0.00000441. The van der Waals surface area contributed by atoms with E-state index < -0.39 is 0 Å².